The minimum absolute atomic E-state index is 0.565. The number of rotatable bonds is 8. The number of hydrogen-bond donors (Lipinski definition) is 0. The van der Waals surface area contributed by atoms with E-state index in [-0.39, 0.29) is 0 Å². The summed E-state index contributed by atoms with van der Waals surface area (Å²) in [4.78, 5) is 0. The van der Waals surface area contributed by atoms with Gasteiger partial charge in [0.25, 0.3) is 0 Å². The molecule has 0 aliphatic rings. The molecule has 1 rings (SSSR count). The molecule has 1 aromatic rings. The lowest BCUT2D eigenvalue weighted by molar-refractivity contribution is 0.0544. The summed E-state index contributed by atoms with van der Waals surface area (Å²) in [7, 11) is 1.66. The highest BCUT2D eigenvalue weighted by molar-refractivity contribution is 9.08. The molecule has 3 nitrogen and oxygen atoms in total. The SMILES string of the molecule is COCCOCCOc1cccc(CBr)c1. The van der Waals surface area contributed by atoms with Gasteiger partial charge in [0.05, 0.1) is 19.8 Å². The minimum Gasteiger partial charge on any atom is -0.491 e. The molecule has 90 valence electrons. The number of benzene rings is 1. The second kappa shape index (κ2) is 8.56. The van der Waals surface area contributed by atoms with Crippen molar-refractivity contribution in [1.29, 1.82) is 0 Å². The molecule has 0 spiro atoms. The first-order chi connectivity index (χ1) is 7.86. The van der Waals surface area contributed by atoms with Crippen molar-refractivity contribution in [3.8, 4) is 5.75 Å². The molecule has 0 unspecified atom stereocenters. The smallest absolute Gasteiger partial charge is 0.119 e. The van der Waals surface area contributed by atoms with E-state index in [0.29, 0.717) is 26.4 Å². The maximum Gasteiger partial charge on any atom is 0.119 e. The van der Waals surface area contributed by atoms with Crippen LogP contribution in [0.5, 0.6) is 5.75 Å². The lowest BCUT2D eigenvalue weighted by Gasteiger charge is -2.07. The van der Waals surface area contributed by atoms with E-state index in [1.807, 2.05) is 18.2 Å². The van der Waals surface area contributed by atoms with Crippen LogP contribution in [-0.4, -0.2) is 33.5 Å². The Morgan fingerprint density at radius 3 is 2.69 bits per heavy atom. The van der Waals surface area contributed by atoms with Crippen molar-refractivity contribution < 1.29 is 14.2 Å². The van der Waals surface area contributed by atoms with Crippen molar-refractivity contribution in [3.05, 3.63) is 29.8 Å². The third-order valence-electron chi connectivity index (χ3n) is 1.98. The maximum absolute atomic E-state index is 5.54. The van der Waals surface area contributed by atoms with Crippen molar-refractivity contribution in [2.45, 2.75) is 5.33 Å². The molecule has 0 N–H and O–H groups in total. The molecule has 16 heavy (non-hydrogen) atoms. The van der Waals surface area contributed by atoms with Crippen molar-refractivity contribution >= 4 is 15.9 Å². The lowest BCUT2D eigenvalue weighted by Crippen LogP contribution is -2.10. The van der Waals surface area contributed by atoms with Gasteiger partial charge in [-0.15, -0.1) is 0 Å². The molecule has 0 aromatic heterocycles. The fraction of sp³-hybridized carbons (Fsp3) is 0.500. The molecule has 0 saturated heterocycles. The van der Waals surface area contributed by atoms with Gasteiger partial charge in [0, 0.05) is 12.4 Å². The lowest BCUT2D eigenvalue weighted by atomic mass is 10.2. The summed E-state index contributed by atoms with van der Waals surface area (Å²) in [6, 6.07) is 8.00. The molecule has 1 aromatic carbocycles. The van der Waals surface area contributed by atoms with Gasteiger partial charge in [0.2, 0.25) is 0 Å². The summed E-state index contributed by atoms with van der Waals surface area (Å²) in [5.41, 5.74) is 1.21. The predicted octanol–water partition coefficient (Wildman–Crippen LogP) is 2.62. The summed E-state index contributed by atoms with van der Waals surface area (Å²) >= 11 is 3.41. The Bertz CT molecular complexity index is 291. The van der Waals surface area contributed by atoms with Crippen LogP contribution in [0, 0.1) is 0 Å². The highest BCUT2D eigenvalue weighted by Gasteiger charge is 1.95. The average Bonchev–Trinajstić information content (AvgIpc) is 2.34. The molecule has 0 radical (unpaired) electrons. The van der Waals surface area contributed by atoms with Crippen LogP contribution < -0.4 is 4.74 Å². The summed E-state index contributed by atoms with van der Waals surface area (Å²) < 4.78 is 15.7. The van der Waals surface area contributed by atoms with E-state index in [1.165, 1.54) is 5.56 Å². The fourth-order valence-electron chi connectivity index (χ4n) is 1.18. The molecule has 0 amide bonds. The summed E-state index contributed by atoms with van der Waals surface area (Å²) in [6.07, 6.45) is 0. The van der Waals surface area contributed by atoms with Crippen LogP contribution in [0.4, 0.5) is 0 Å². The highest BCUT2D eigenvalue weighted by Crippen LogP contribution is 2.15. The van der Waals surface area contributed by atoms with Gasteiger partial charge >= 0.3 is 0 Å². The first-order valence-electron chi connectivity index (χ1n) is 5.21. The Labute approximate surface area is 105 Å². The average molecular weight is 289 g/mol. The Hall–Kier alpha value is -0.580. The quantitative estimate of drug-likeness (QED) is 0.544. The number of ether oxygens (including phenoxy) is 3. The Kier molecular flexibility index (Phi) is 7.21. The highest BCUT2D eigenvalue weighted by atomic mass is 79.9. The Morgan fingerprint density at radius 2 is 1.94 bits per heavy atom. The molecule has 0 heterocycles. The molecule has 0 aliphatic heterocycles. The van der Waals surface area contributed by atoms with E-state index in [2.05, 4.69) is 22.0 Å². The van der Waals surface area contributed by atoms with E-state index in [4.69, 9.17) is 14.2 Å². The minimum atomic E-state index is 0.565. The van der Waals surface area contributed by atoms with Crippen LogP contribution in [0.25, 0.3) is 0 Å². The zero-order chi connectivity index (χ0) is 11.6. The molecule has 0 atom stereocenters. The predicted molar refractivity (Wildman–Crippen MR) is 67.3 cm³/mol. The molecule has 4 heteroatoms. The van der Waals surface area contributed by atoms with Crippen LogP contribution >= 0.6 is 15.9 Å². The van der Waals surface area contributed by atoms with Crippen LogP contribution in [0.15, 0.2) is 24.3 Å². The maximum atomic E-state index is 5.54. The van der Waals surface area contributed by atoms with Gasteiger partial charge in [0.1, 0.15) is 12.4 Å². The molecule has 0 bridgehead atoms. The number of alkyl halides is 1. The monoisotopic (exact) mass is 288 g/mol. The van der Waals surface area contributed by atoms with E-state index in [9.17, 15) is 0 Å². The van der Waals surface area contributed by atoms with Crippen LogP contribution in [0.1, 0.15) is 5.56 Å². The molecule has 0 fully saturated rings. The Balaban J connectivity index is 2.16. The van der Waals surface area contributed by atoms with Gasteiger partial charge < -0.3 is 14.2 Å². The van der Waals surface area contributed by atoms with Gasteiger partial charge in [0.15, 0.2) is 0 Å². The van der Waals surface area contributed by atoms with Gasteiger partial charge in [-0.1, -0.05) is 28.1 Å². The van der Waals surface area contributed by atoms with Gasteiger partial charge in [-0.2, -0.15) is 0 Å². The standard InChI is InChI=1S/C12H17BrO3/c1-14-5-6-15-7-8-16-12-4-2-3-11(9-12)10-13/h2-4,9H,5-8,10H2,1H3. The van der Waals surface area contributed by atoms with Gasteiger partial charge in [-0.3, -0.25) is 0 Å². The third kappa shape index (κ3) is 5.49. The normalized spacial score (nSPS) is 10.4. The van der Waals surface area contributed by atoms with Gasteiger partial charge in [-0.25, -0.2) is 0 Å². The summed E-state index contributed by atoms with van der Waals surface area (Å²) in [5, 5.41) is 0.842. The molecule has 0 saturated carbocycles. The first-order valence-corrected chi connectivity index (χ1v) is 6.33. The fourth-order valence-corrected chi connectivity index (χ4v) is 1.53. The van der Waals surface area contributed by atoms with E-state index >= 15 is 0 Å². The van der Waals surface area contributed by atoms with E-state index in [0.717, 1.165) is 11.1 Å². The Morgan fingerprint density at radius 1 is 1.12 bits per heavy atom. The van der Waals surface area contributed by atoms with Crippen molar-refractivity contribution in [2.75, 3.05) is 33.5 Å². The third-order valence-corrected chi connectivity index (χ3v) is 2.63. The van der Waals surface area contributed by atoms with Crippen molar-refractivity contribution in [3.63, 3.8) is 0 Å². The zero-order valence-electron chi connectivity index (χ0n) is 9.45. The second-order valence-corrected chi connectivity index (χ2v) is 3.80. The number of hydrogen-bond acceptors (Lipinski definition) is 3. The summed E-state index contributed by atoms with van der Waals surface area (Å²) in [5.74, 6) is 0.882. The first kappa shape index (κ1) is 13.5. The zero-order valence-corrected chi connectivity index (χ0v) is 11.0. The topological polar surface area (TPSA) is 27.7 Å². The second-order valence-electron chi connectivity index (χ2n) is 3.23. The van der Waals surface area contributed by atoms with Crippen molar-refractivity contribution in [1.82, 2.24) is 0 Å². The van der Waals surface area contributed by atoms with Gasteiger partial charge in [-0.05, 0) is 17.7 Å². The molecular weight excluding hydrogens is 272 g/mol. The van der Waals surface area contributed by atoms with E-state index in [1.54, 1.807) is 7.11 Å². The number of methoxy groups -OCH3 is 1. The number of halogens is 1. The van der Waals surface area contributed by atoms with Crippen LogP contribution in [-0.2, 0) is 14.8 Å². The van der Waals surface area contributed by atoms with Crippen LogP contribution in [0.3, 0.4) is 0 Å². The van der Waals surface area contributed by atoms with E-state index < -0.39 is 0 Å². The molecule has 0 aliphatic carbocycles. The van der Waals surface area contributed by atoms with Crippen LogP contribution in [0.2, 0.25) is 0 Å². The summed E-state index contributed by atoms with van der Waals surface area (Å²) in [6.45, 7) is 2.39. The molecular formula is C12H17BrO3. The van der Waals surface area contributed by atoms with Crippen molar-refractivity contribution in [2.24, 2.45) is 0 Å². The largest absolute Gasteiger partial charge is 0.491 e.